The van der Waals surface area contributed by atoms with Crippen LogP contribution in [0.1, 0.15) is 38.6 Å². The number of ether oxygens (including phenoxy) is 4. The van der Waals surface area contributed by atoms with Crippen LogP contribution in [-0.2, 0) is 35.0 Å². The Kier molecular flexibility index (Phi) is 8.13. The smallest absolute Gasteiger partial charge is 0.303 e. The van der Waals surface area contributed by atoms with Crippen LogP contribution in [0.3, 0.4) is 0 Å². The number of benzene rings is 1. The maximum atomic E-state index is 11.3. The van der Waals surface area contributed by atoms with E-state index in [2.05, 4.69) is 10.1 Å². The number of hydrogen-bond acceptors (Lipinski definition) is 9. The molecule has 0 saturated carbocycles. The number of rotatable bonds is 9. The minimum absolute atomic E-state index is 0.0460. The molecule has 0 unspecified atom stereocenters. The van der Waals surface area contributed by atoms with E-state index < -0.39 is 30.4 Å². The van der Waals surface area contributed by atoms with E-state index in [1.54, 1.807) is 12.2 Å². The lowest BCUT2D eigenvalue weighted by atomic mass is 10.1. The van der Waals surface area contributed by atoms with Gasteiger partial charge >= 0.3 is 11.9 Å². The van der Waals surface area contributed by atoms with Gasteiger partial charge in [-0.3, -0.25) is 9.59 Å². The topological polar surface area (TPSA) is 110 Å². The average Bonchev–Trinajstić information content (AvgIpc) is 3.21. The summed E-state index contributed by atoms with van der Waals surface area (Å²) in [6.45, 7) is 6.49. The van der Waals surface area contributed by atoms with E-state index in [1.165, 1.54) is 13.8 Å². The summed E-state index contributed by atoms with van der Waals surface area (Å²) in [6.07, 6.45) is 2.38. The molecule has 1 aromatic carbocycles. The minimum atomic E-state index is -0.664. The molecule has 172 valence electrons. The number of hydrogen-bond donors (Lipinski definition) is 0. The van der Waals surface area contributed by atoms with Gasteiger partial charge in [0, 0.05) is 25.8 Å². The quantitative estimate of drug-likeness (QED) is 0.425. The average molecular weight is 444 g/mol. The third-order valence-electron chi connectivity index (χ3n) is 4.76. The van der Waals surface area contributed by atoms with Crippen molar-refractivity contribution in [1.29, 1.82) is 0 Å². The maximum Gasteiger partial charge on any atom is 0.303 e. The van der Waals surface area contributed by atoms with Gasteiger partial charge in [-0.15, -0.1) is 0 Å². The van der Waals surface area contributed by atoms with Crippen LogP contribution in [0.15, 0.2) is 40.9 Å². The Hall–Kier alpha value is -3.04. The predicted molar refractivity (Wildman–Crippen MR) is 113 cm³/mol. The van der Waals surface area contributed by atoms with Gasteiger partial charge in [0.1, 0.15) is 18.8 Å². The molecule has 1 aromatic heterocycles. The highest BCUT2D eigenvalue weighted by molar-refractivity contribution is 5.67. The molecule has 0 bridgehead atoms. The van der Waals surface area contributed by atoms with Crippen LogP contribution in [0.25, 0.3) is 11.4 Å². The Morgan fingerprint density at radius 3 is 2.72 bits per heavy atom. The normalized spacial score (nSPS) is 21.2. The Morgan fingerprint density at radius 1 is 1.19 bits per heavy atom. The van der Waals surface area contributed by atoms with Crippen molar-refractivity contribution in [2.75, 3.05) is 6.61 Å². The Balaban J connectivity index is 1.52. The van der Waals surface area contributed by atoms with Gasteiger partial charge in [-0.1, -0.05) is 28.9 Å². The zero-order valence-corrected chi connectivity index (χ0v) is 18.6. The van der Waals surface area contributed by atoms with Crippen molar-refractivity contribution in [3.8, 4) is 11.4 Å². The summed E-state index contributed by atoms with van der Waals surface area (Å²) >= 11 is 0. The molecule has 2 heterocycles. The molecule has 9 heteroatoms. The van der Waals surface area contributed by atoms with Crippen LogP contribution in [0.5, 0.6) is 0 Å². The van der Waals surface area contributed by atoms with E-state index in [9.17, 15) is 9.59 Å². The van der Waals surface area contributed by atoms with Gasteiger partial charge in [-0.2, -0.15) is 4.98 Å². The highest BCUT2D eigenvalue weighted by atomic mass is 16.7. The first-order chi connectivity index (χ1) is 15.3. The first-order valence-electron chi connectivity index (χ1n) is 10.5. The van der Waals surface area contributed by atoms with Crippen molar-refractivity contribution in [1.82, 2.24) is 10.1 Å². The molecule has 9 nitrogen and oxygen atoms in total. The molecule has 3 rings (SSSR count). The molecule has 0 spiro atoms. The first kappa shape index (κ1) is 23.6. The Labute approximate surface area is 186 Å². The number of esters is 2. The fourth-order valence-corrected chi connectivity index (χ4v) is 3.22. The molecule has 0 N–H and O–H groups in total. The van der Waals surface area contributed by atoms with Crippen molar-refractivity contribution in [3.63, 3.8) is 0 Å². The lowest BCUT2D eigenvalue weighted by Gasteiger charge is -2.32. The number of aryl methyl sites for hydroxylation is 2. The molecule has 32 heavy (non-hydrogen) atoms. The van der Waals surface area contributed by atoms with Gasteiger partial charge in [-0.05, 0) is 38.5 Å². The second-order valence-corrected chi connectivity index (χ2v) is 7.67. The number of carbonyl (C=O) groups excluding carboxylic acids is 2. The monoisotopic (exact) mass is 444 g/mol. The summed E-state index contributed by atoms with van der Waals surface area (Å²) in [4.78, 5) is 26.9. The number of nitrogens with zero attached hydrogens (tertiary/aromatic N) is 2. The lowest BCUT2D eigenvalue weighted by molar-refractivity contribution is -0.208. The summed E-state index contributed by atoms with van der Waals surface area (Å²) in [7, 11) is 0. The molecular formula is C23H28N2O7. The lowest BCUT2D eigenvalue weighted by Crippen LogP contribution is -2.42. The van der Waals surface area contributed by atoms with Crippen LogP contribution in [-0.4, -0.2) is 53.3 Å². The summed E-state index contributed by atoms with van der Waals surface area (Å²) in [5.41, 5.74) is 2.03. The minimum Gasteiger partial charge on any atom is -0.463 e. The summed E-state index contributed by atoms with van der Waals surface area (Å²) in [5.74, 6) is 0.189. The fraction of sp³-hybridized carbons (Fsp3) is 0.478. The van der Waals surface area contributed by atoms with E-state index >= 15 is 0 Å². The zero-order chi connectivity index (χ0) is 23.1. The van der Waals surface area contributed by atoms with E-state index in [0.29, 0.717) is 24.6 Å². The predicted octanol–water partition coefficient (Wildman–Crippen LogP) is 3.16. The molecule has 0 radical (unpaired) electrons. The Morgan fingerprint density at radius 2 is 2.00 bits per heavy atom. The van der Waals surface area contributed by atoms with Crippen molar-refractivity contribution in [2.24, 2.45) is 0 Å². The van der Waals surface area contributed by atoms with Gasteiger partial charge < -0.3 is 23.5 Å². The highest BCUT2D eigenvalue weighted by Gasteiger charge is 2.31. The van der Waals surface area contributed by atoms with Gasteiger partial charge in [0.25, 0.3) is 0 Å². The second-order valence-electron chi connectivity index (χ2n) is 7.67. The van der Waals surface area contributed by atoms with Gasteiger partial charge in [0.05, 0.1) is 6.10 Å². The molecule has 0 amide bonds. The fourth-order valence-electron chi connectivity index (χ4n) is 3.22. The second kappa shape index (κ2) is 11.0. The molecule has 1 aliphatic rings. The van der Waals surface area contributed by atoms with Crippen LogP contribution >= 0.6 is 0 Å². The van der Waals surface area contributed by atoms with Gasteiger partial charge in [0.2, 0.25) is 11.7 Å². The Bertz CT molecular complexity index is 955. The standard InChI is InChI=1S/C23H28N2O7/c1-14-6-5-7-18(12-14)23-24-21(32-25-23)10-8-15(2)29-22-11-9-19(30-17(4)27)20(31-22)13-28-16(3)26/h5-7,9,11-12,15,19-20,22H,8,10,13H2,1-4H3/t15-,19+,20-,22+/m1/s1. The molecule has 1 aliphatic heterocycles. The number of aromatic nitrogens is 2. The van der Waals surface area contributed by atoms with Gasteiger partial charge in [-0.25, -0.2) is 0 Å². The van der Waals surface area contributed by atoms with E-state index in [1.807, 2.05) is 38.1 Å². The van der Waals surface area contributed by atoms with Crippen molar-refractivity contribution >= 4 is 11.9 Å². The molecule has 0 aliphatic carbocycles. The third kappa shape index (κ3) is 7.00. The molecule has 2 aromatic rings. The SMILES string of the molecule is CC(=O)OC[C@H]1O[C@H](O[C@H](C)CCc2nc(-c3cccc(C)c3)no2)C=C[C@@H]1OC(C)=O. The van der Waals surface area contributed by atoms with E-state index in [4.69, 9.17) is 23.5 Å². The molecule has 0 fully saturated rings. The molecular weight excluding hydrogens is 416 g/mol. The van der Waals surface area contributed by atoms with Crippen molar-refractivity contribution in [3.05, 3.63) is 47.9 Å². The zero-order valence-electron chi connectivity index (χ0n) is 18.6. The maximum absolute atomic E-state index is 11.3. The summed E-state index contributed by atoms with van der Waals surface area (Å²) in [6, 6.07) is 7.91. The third-order valence-corrected chi connectivity index (χ3v) is 4.76. The molecule has 4 atom stereocenters. The van der Waals surface area contributed by atoms with Gasteiger partial charge in [0.15, 0.2) is 6.29 Å². The highest BCUT2D eigenvalue weighted by Crippen LogP contribution is 2.21. The number of carbonyl (C=O) groups is 2. The first-order valence-corrected chi connectivity index (χ1v) is 10.5. The van der Waals surface area contributed by atoms with Crippen LogP contribution < -0.4 is 0 Å². The summed E-state index contributed by atoms with van der Waals surface area (Å²) < 4.78 is 27.4. The van der Waals surface area contributed by atoms with Crippen molar-refractivity contribution in [2.45, 2.75) is 65.1 Å². The van der Waals surface area contributed by atoms with Crippen LogP contribution in [0.4, 0.5) is 0 Å². The van der Waals surface area contributed by atoms with E-state index in [-0.39, 0.29) is 12.7 Å². The molecule has 0 saturated heterocycles. The van der Waals surface area contributed by atoms with Crippen LogP contribution in [0.2, 0.25) is 0 Å². The summed E-state index contributed by atoms with van der Waals surface area (Å²) in [5, 5.41) is 4.05. The largest absolute Gasteiger partial charge is 0.463 e. The van der Waals surface area contributed by atoms with E-state index in [0.717, 1.165) is 11.1 Å². The van der Waals surface area contributed by atoms with Crippen molar-refractivity contribution < 1.29 is 33.1 Å². The van der Waals surface area contributed by atoms with Crippen LogP contribution in [0, 0.1) is 6.92 Å².